The highest BCUT2D eigenvalue weighted by Gasteiger charge is 2.13. The van der Waals surface area contributed by atoms with Gasteiger partial charge in [0, 0.05) is 32.7 Å². The van der Waals surface area contributed by atoms with E-state index in [2.05, 4.69) is 35.9 Å². The normalized spacial score (nSPS) is 18.5. The molecule has 1 aliphatic heterocycles. The van der Waals surface area contributed by atoms with Crippen LogP contribution < -0.4 is 0 Å². The van der Waals surface area contributed by atoms with E-state index in [-0.39, 0.29) is 6.61 Å². The van der Waals surface area contributed by atoms with E-state index in [0.29, 0.717) is 0 Å². The summed E-state index contributed by atoms with van der Waals surface area (Å²) in [6.45, 7) is 7.86. The van der Waals surface area contributed by atoms with E-state index in [1.165, 1.54) is 11.1 Å². The molecule has 1 fully saturated rings. The lowest BCUT2D eigenvalue weighted by Gasteiger charge is -2.32. The molecule has 0 spiro atoms. The van der Waals surface area contributed by atoms with Crippen molar-refractivity contribution in [2.24, 2.45) is 0 Å². The molecule has 0 saturated carbocycles. The molecular weight excluding hydrogens is 212 g/mol. The molecule has 1 aromatic carbocycles. The van der Waals surface area contributed by atoms with E-state index in [1.807, 2.05) is 6.07 Å². The average molecular weight is 234 g/mol. The molecule has 17 heavy (non-hydrogen) atoms. The summed E-state index contributed by atoms with van der Waals surface area (Å²) in [5.41, 5.74) is 3.58. The van der Waals surface area contributed by atoms with Crippen molar-refractivity contribution in [3.8, 4) is 0 Å². The highest BCUT2D eigenvalue weighted by atomic mass is 16.3. The first-order valence-corrected chi connectivity index (χ1v) is 6.29. The summed E-state index contributed by atoms with van der Waals surface area (Å²) in [4.78, 5) is 4.87. The van der Waals surface area contributed by atoms with Crippen molar-refractivity contribution in [1.29, 1.82) is 0 Å². The Kier molecular flexibility index (Phi) is 4.15. The van der Waals surface area contributed by atoms with E-state index < -0.39 is 0 Å². The number of aryl methyl sites for hydroxylation is 1. The van der Waals surface area contributed by atoms with Crippen molar-refractivity contribution >= 4 is 0 Å². The van der Waals surface area contributed by atoms with Gasteiger partial charge in [0.05, 0.1) is 6.61 Å². The van der Waals surface area contributed by atoms with Crippen molar-refractivity contribution < 1.29 is 5.11 Å². The maximum Gasteiger partial charge on any atom is 0.0684 e. The second-order valence-electron chi connectivity index (χ2n) is 5.00. The van der Waals surface area contributed by atoms with Gasteiger partial charge in [0.1, 0.15) is 0 Å². The van der Waals surface area contributed by atoms with Crippen molar-refractivity contribution in [2.75, 3.05) is 33.2 Å². The monoisotopic (exact) mass is 234 g/mol. The van der Waals surface area contributed by atoms with Crippen LogP contribution in [0.2, 0.25) is 0 Å². The van der Waals surface area contributed by atoms with Crippen LogP contribution >= 0.6 is 0 Å². The molecule has 0 bridgehead atoms. The lowest BCUT2D eigenvalue weighted by Crippen LogP contribution is -2.43. The lowest BCUT2D eigenvalue weighted by molar-refractivity contribution is 0.148. The highest BCUT2D eigenvalue weighted by Crippen LogP contribution is 2.13. The third kappa shape index (κ3) is 3.28. The fourth-order valence-electron chi connectivity index (χ4n) is 2.30. The molecule has 0 aliphatic carbocycles. The number of aliphatic hydroxyl groups excluding tert-OH is 1. The zero-order chi connectivity index (χ0) is 12.3. The molecule has 0 atom stereocenters. The Morgan fingerprint density at radius 3 is 2.47 bits per heavy atom. The Bertz CT molecular complexity index is 370. The number of likely N-dealkylation sites (N-methyl/N-ethyl adjacent to an activating group) is 1. The predicted molar refractivity (Wildman–Crippen MR) is 69.9 cm³/mol. The minimum absolute atomic E-state index is 0.140. The summed E-state index contributed by atoms with van der Waals surface area (Å²) >= 11 is 0. The van der Waals surface area contributed by atoms with Gasteiger partial charge in [0.15, 0.2) is 0 Å². The maximum absolute atomic E-state index is 9.14. The molecule has 1 heterocycles. The number of aliphatic hydroxyl groups is 1. The van der Waals surface area contributed by atoms with Crippen LogP contribution in [0.4, 0.5) is 0 Å². The first-order chi connectivity index (χ1) is 8.19. The Morgan fingerprint density at radius 1 is 1.18 bits per heavy atom. The summed E-state index contributed by atoms with van der Waals surface area (Å²) in [7, 11) is 2.18. The van der Waals surface area contributed by atoms with Gasteiger partial charge >= 0.3 is 0 Å². The summed E-state index contributed by atoms with van der Waals surface area (Å²) in [5.74, 6) is 0. The Morgan fingerprint density at radius 2 is 1.88 bits per heavy atom. The highest BCUT2D eigenvalue weighted by molar-refractivity contribution is 5.30. The summed E-state index contributed by atoms with van der Waals surface area (Å²) in [6.07, 6.45) is 0. The average Bonchev–Trinajstić information content (AvgIpc) is 2.32. The number of nitrogens with zero attached hydrogens (tertiary/aromatic N) is 2. The molecule has 94 valence electrons. The second kappa shape index (κ2) is 5.63. The molecule has 0 unspecified atom stereocenters. The van der Waals surface area contributed by atoms with E-state index in [0.717, 1.165) is 38.3 Å². The molecule has 0 amide bonds. The fraction of sp³-hybridized carbons (Fsp3) is 0.571. The Labute approximate surface area is 104 Å². The first-order valence-electron chi connectivity index (χ1n) is 6.29. The van der Waals surface area contributed by atoms with Crippen LogP contribution in [0.15, 0.2) is 18.2 Å². The number of hydrogen-bond donors (Lipinski definition) is 1. The van der Waals surface area contributed by atoms with Crippen LogP contribution in [0.5, 0.6) is 0 Å². The number of piperazine rings is 1. The second-order valence-corrected chi connectivity index (χ2v) is 5.00. The van der Waals surface area contributed by atoms with Gasteiger partial charge in [-0.1, -0.05) is 18.2 Å². The van der Waals surface area contributed by atoms with Gasteiger partial charge in [0.2, 0.25) is 0 Å². The minimum Gasteiger partial charge on any atom is -0.392 e. The number of rotatable bonds is 3. The molecule has 1 N–H and O–H groups in total. The largest absolute Gasteiger partial charge is 0.392 e. The maximum atomic E-state index is 9.14. The van der Waals surface area contributed by atoms with Crippen LogP contribution in [0.1, 0.15) is 16.7 Å². The van der Waals surface area contributed by atoms with E-state index in [4.69, 9.17) is 5.11 Å². The van der Waals surface area contributed by atoms with E-state index in [1.54, 1.807) is 0 Å². The van der Waals surface area contributed by atoms with Crippen LogP contribution in [-0.4, -0.2) is 48.1 Å². The Balaban J connectivity index is 1.97. The third-order valence-electron chi connectivity index (χ3n) is 3.58. The summed E-state index contributed by atoms with van der Waals surface area (Å²) < 4.78 is 0. The minimum atomic E-state index is 0.140. The topological polar surface area (TPSA) is 26.7 Å². The summed E-state index contributed by atoms with van der Waals surface area (Å²) in [5, 5.41) is 9.14. The van der Waals surface area contributed by atoms with Crippen molar-refractivity contribution in [2.45, 2.75) is 20.1 Å². The van der Waals surface area contributed by atoms with Gasteiger partial charge in [-0.2, -0.15) is 0 Å². The lowest BCUT2D eigenvalue weighted by atomic mass is 10.1. The number of hydrogen-bond acceptors (Lipinski definition) is 3. The molecular formula is C14H22N2O. The number of benzene rings is 1. The fourth-order valence-corrected chi connectivity index (χ4v) is 2.30. The van der Waals surface area contributed by atoms with Gasteiger partial charge in [0.25, 0.3) is 0 Å². The van der Waals surface area contributed by atoms with Crippen molar-refractivity contribution in [1.82, 2.24) is 9.80 Å². The smallest absolute Gasteiger partial charge is 0.0684 e. The molecule has 0 radical (unpaired) electrons. The molecule has 3 heteroatoms. The van der Waals surface area contributed by atoms with Crippen molar-refractivity contribution in [3.05, 3.63) is 34.9 Å². The SMILES string of the molecule is Cc1cc(CN2CCN(C)CC2)ccc1CO. The van der Waals surface area contributed by atoms with Crippen LogP contribution in [0, 0.1) is 6.92 Å². The first kappa shape index (κ1) is 12.6. The van der Waals surface area contributed by atoms with Gasteiger partial charge in [-0.15, -0.1) is 0 Å². The zero-order valence-electron chi connectivity index (χ0n) is 10.8. The third-order valence-corrected chi connectivity index (χ3v) is 3.58. The quantitative estimate of drug-likeness (QED) is 0.852. The molecule has 1 aromatic rings. The van der Waals surface area contributed by atoms with Crippen LogP contribution in [0.3, 0.4) is 0 Å². The molecule has 1 aliphatic rings. The van der Waals surface area contributed by atoms with E-state index in [9.17, 15) is 0 Å². The summed E-state index contributed by atoms with van der Waals surface area (Å²) in [6, 6.07) is 6.38. The molecule has 3 nitrogen and oxygen atoms in total. The molecule has 1 saturated heterocycles. The van der Waals surface area contributed by atoms with E-state index >= 15 is 0 Å². The zero-order valence-corrected chi connectivity index (χ0v) is 10.8. The standard InChI is InChI=1S/C14H22N2O/c1-12-9-13(3-4-14(12)11-17)10-16-7-5-15(2)6-8-16/h3-4,9,17H,5-8,10-11H2,1-2H3. The molecule has 0 aromatic heterocycles. The van der Waals surface area contributed by atoms with Crippen LogP contribution in [0.25, 0.3) is 0 Å². The van der Waals surface area contributed by atoms with Crippen molar-refractivity contribution in [3.63, 3.8) is 0 Å². The Hall–Kier alpha value is -0.900. The molecule has 2 rings (SSSR count). The van der Waals surface area contributed by atoms with Gasteiger partial charge in [-0.05, 0) is 30.7 Å². The van der Waals surface area contributed by atoms with Gasteiger partial charge in [-0.3, -0.25) is 4.90 Å². The van der Waals surface area contributed by atoms with Gasteiger partial charge in [-0.25, -0.2) is 0 Å². The predicted octanol–water partition coefficient (Wildman–Crippen LogP) is 1.23. The van der Waals surface area contributed by atoms with Crippen LogP contribution in [-0.2, 0) is 13.2 Å². The van der Waals surface area contributed by atoms with Gasteiger partial charge < -0.3 is 10.0 Å².